The number of fused-ring (bicyclic) bond motifs is 1. The third kappa shape index (κ3) is 1.97. The van der Waals surface area contributed by atoms with Crippen molar-refractivity contribution in [2.45, 2.75) is 39.5 Å². The highest BCUT2D eigenvalue weighted by Crippen LogP contribution is 2.29. The molecule has 0 fully saturated rings. The molecule has 0 aliphatic carbocycles. The van der Waals surface area contributed by atoms with Crippen LogP contribution in [0.1, 0.15) is 58.9 Å². The molecule has 0 bridgehead atoms. The van der Waals surface area contributed by atoms with Crippen molar-refractivity contribution in [3.05, 3.63) is 47.4 Å². The van der Waals surface area contributed by atoms with Crippen LogP contribution in [-0.2, 0) is 0 Å². The first-order valence-electron chi connectivity index (χ1n) is 8.64. The van der Waals surface area contributed by atoms with Crippen molar-refractivity contribution in [1.29, 1.82) is 0 Å². The zero-order valence-corrected chi connectivity index (χ0v) is 10.2. The Hall–Kier alpha value is -1.30. The van der Waals surface area contributed by atoms with E-state index in [-0.39, 0.29) is 53.5 Å². The maximum absolute atomic E-state index is 8.45. The van der Waals surface area contributed by atoms with Crippen LogP contribution >= 0.6 is 0 Å². The van der Waals surface area contributed by atoms with Crippen LogP contribution in [-0.4, -0.2) is 0 Å². The smallest absolute Gasteiger partial charge is 0.0616 e. The van der Waals surface area contributed by atoms with Crippen LogP contribution < -0.4 is 0 Å². The largest absolute Gasteiger partial charge is 0.0632 e. The van der Waals surface area contributed by atoms with E-state index in [0.29, 0.717) is 16.5 Å². The van der Waals surface area contributed by atoms with Gasteiger partial charge in [-0.1, -0.05) is 63.9 Å². The van der Waals surface area contributed by atoms with Crippen molar-refractivity contribution in [3.8, 4) is 0 Å². The molecule has 0 spiro atoms. The fourth-order valence-electron chi connectivity index (χ4n) is 1.70. The van der Waals surface area contributed by atoms with E-state index in [4.69, 9.17) is 8.22 Å². The van der Waals surface area contributed by atoms with Gasteiger partial charge in [-0.25, -0.2) is 0 Å². The minimum Gasteiger partial charge on any atom is -0.0616 e. The Morgan fingerprint density at radius 3 is 2.25 bits per heavy atom. The lowest BCUT2D eigenvalue weighted by molar-refractivity contribution is 0.842. The Kier molecular flexibility index (Phi) is 1.57. The molecule has 84 valence electrons. The second-order valence-corrected chi connectivity index (χ2v) is 4.64. The summed E-state index contributed by atoms with van der Waals surface area (Å²) in [5.41, 5.74) is 1.14. The van der Waals surface area contributed by atoms with E-state index in [1.165, 1.54) is 0 Å². The maximum atomic E-state index is 8.45. The van der Waals surface area contributed by atoms with Crippen LogP contribution in [0.2, 0.25) is 0 Å². The van der Waals surface area contributed by atoms with Crippen LogP contribution in [0.4, 0.5) is 0 Å². The zero-order chi connectivity index (χ0) is 16.9. The van der Waals surface area contributed by atoms with Crippen molar-refractivity contribution >= 4 is 10.8 Å². The molecular formula is C16H20. The summed E-state index contributed by atoms with van der Waals surface area (Å²) < 4.78 is 48.9. The van der Waals surface area contributed by atoms with E-state index in [2.05, 4.69) is 0 Å². The topological polar surface area (TPSA) is 0 Å². The van der Waals surface area contributed by atoms with Gasteiger partial charge in [0.2, 0.25) is 0 Å². The van der Waals surface area contributed by atoms with E-state index >= 15 is 0 Å². The molecule has 0 atom stereocenters. The van der Waals surface area contributed by atoms with E-state index < -0.39 is 0 Å². The summed E-state index contributed by atoms with van der Waals surface area (Å²) in [4.78, 5) is 0. The van der Waals surface area contributed by atoms with Gasteiger partial charge in [0.05, 0.1) is 8.22 Å². The summed E-state index contributed by atoms with van der Waals surface area (Å²) in [6.45, 7) is 7.60. The molecule has 0 heterocycles. The molecular weight excluding hydrogens is 192 g/mol. The Bertz CT molecular complexity index is 762. The maximum Gasteiger partial charge on any atom is 0.0632 e. The van der Waals surface area contributed by atoms with Gasteiger partial charge in [0.25, 0.3) is 0 Å². The highest BCUT2D eigenvalue weighted by Gasteiger charge is 2.08. The summed E-state index contributed by atoms with van der Waals surface area (Å²) in [5.74, 6) is -0.118. The van der Waals surface area contributed by atoms with Crippen LogP contribution in [0.25, 0.3) is 10.8 Å². The van der Waals surface area contributed by atoms with Crippen molar-refractivity contribution < 1.29 is 8.22 Å². The molecule has 16 heavy (non-hydrogen) atoms. The van der Waals surface area contributed by atoms with Crippen molar-refractivity contribution in [2.24, 2.45) is 0 Å². The highest BCUT2D eigenvalue weighted by molar-refractivity contribution is 5.87. The van der Waals surface area contributed by atoms with Gasteiger partial charge in [0, 0.05) is 0 Å². The Morgan fingerprint density at radius 2 is 1.62 bits per heavy atom. The zero-order valence-electron chi connectivity index (χ0n) is 16.2. The Balaban J connectivity index is 3.23. The summed E-state index contributed by atoms with van der Waals surface area (Å²) in [6.07, 6.45) is 0. The van der Waals surface area contributed by atoms with Crippen LogP contribution in [0.5, 0.6) is 0 Å². The van der Waals surface area contributed by atoms with E-state index in [1.807, 2.05) is 27.7 Å². The molecule has 2 aromatic carbocycles. The summed E-state index contributed by atoms with van der Waals surface area (Å²) in [6, 6.07) is -0.704. The van der Waals surface area contributed by atoms with Crippen LogP contribution in [0, 0.1) is 0 Å². The second-order valence-electron chi connectivity index (χ2n) is 4.64. The van der Waals surface area contributed by atoms with Gasteiger partial charge in [0.15, 0.2) is 0 Å². The highest BCUT2D eigenvalue weighted by atomic mass is 14.1. The number of benzene rings is 2. The molecule has 0 saturated carbocycles. The average molecular weight is 218 g/mol. The van der Waals surface area contributed by atoms with Gasteiger partial charge in [-0.2, -0.15) is 0 Å². The first kappa shape index (κ1) is 5.86. The summed E-state index contributed by atoms with van der Waals surface area (Å²) >= 11 is 0. The average Bonchev–Trinajstić information content (AvgIpc) is 2.41. The minimum absolute atomic E-state index is 0.0476. The predicted molar refractivity (Wildman–Crippen MR) is 72.1 cm³/mol. The quantitative estimate of drug-likeness (QED) is 0.659. The first-order valence-corrected chi connectivity index (χ1v) is 5.64. The molecule has 0 radical (unpaired) electrons. The summed E-state index contributed by atoms with van der Waals surface area (Å²) in [7, 11) is 0. The number of hydrogen-bond acceptors (Lipinski definition) is 0. The third-order valence-corrected chi connectivity index (χ3v) is 2.64. The van der Waals surface area contributed by atoms with E-state index in [0.717, 1.165) is 0 Å². The first-order chi connectivity index (χ1) is 10.1. The Labute approximate surface area is 107 Å². The lowest BCUT2D eigenvalue weighted by Gasteiger charge is -2.14. The predicted octanol–water partition coefficient (Wildman–Crippen LogP) is 5.09. The number of rotatable bonds is 2. The normalized spacial score (nSPS) is 16.9. The Morgan fingerprint density at radius 1 is 0.938 bits per heavy atom. The standard InChI is InChI=1S/C16H20/c1-11(2)14-9-13-7-5-6-8-15(13)16(10-14)12(3)4/h5-12H,1-4H3/i5D,6D,7D,8D,9D,10D. The molecule has 0 unspecified atom stereocenters. The van der Waals surface area contributed by atoms with Crippen LogP contribution in [0.15, 0.2) is 36.3 Å². The minimum atomic E-state index is -0.326. The molecule has 0 N–H and O–H groups in total. The molecule has 0 aliphatic heterocycles. The molecule has 0 amide bonds. The summed E-state index contributed by atoms with van der Waals surface area (Å²) in [5, 5.41) is 0.551. The van der Waals surface area contributed by atoms with Gasteiger partial charge >= 0.3 is 0 Å². The molecule has 0 aliphatic rings. The van der Waals surface area contributed by atoms with Gasteiger partial charge in [-0.05, 0) is 33.7 Å². The lowest BCUT2D eigenvalue weighted by Crippen LogP contribution is -1.95. The van der Waals surface area contributed by atoms with Crippen molar-refractivity contribution in [3.63, 3.8) is 0 Å². The lowest BCUT2D eigenvalue weighted by atomic mass is 9.90. The van der Waals surface area contributed by atoms with Crippen LogP contribution in [0.3, 0.4) is 0 Å². The molecule has 0 heteroatoms. The van der Waals surface area contributed by atoms with Gasteiger partial charge in [-0.15, -0.1) is 0 Å². The fourth-order valence-corrected chi connectivity index (χ4v) is 1.70. The van der Waals surface area contributed by atoms with Crippen molar-refractivity contribution in [1.82, 2.24) is 0 Å². The third-order valence-electron chi connectivity index (χ3n) is 2.64. The van der Waals surface area contributed by atoms with Gasteiger partial charge in [-0.3, -0.25) is 0 Å². The molecule has 2 aromatic rings. The molecule has 0 saturated heterocycles. The van der Waals surface area contributed by atoms with Gasteiger partial charge in [0.1, 0.15) is 0 Å². The van der Waals surface area contributed by atoms with Crippen molar-refractivity contribution in [2.75, 3.05) is 0 Å². The van der Waals surface area contributed by atoms with E-state index in [9.17, 15) is 0 Å². The SMILES string of the molecule is [2H]c1c([2H])c([2H])c2c(C(C)C)c([2H])c(C(C)C)c([2H])c2c1[2H]. The molecule has 2 rings (SSSR count). The number of hydrogen-bond donors (Lipinski definition) is 0. The fraction of sp³-hybridized carbons (Fsp3) is 0.375. The monoisotopic (exact) mass is 218 g/mol. The second kappa shape index (κ2) is 4.29. The molecule has 0 aromatic heterocycles. The van der Waals surface area contributed by atoms with Gasteiger partial charge < -0.3 is 0 Å². The molecule has 0 nitrogen and oxygen atoms in total. The van der Waals surface area contributed by atoms with E-state index in [1.54, 1.807) is 0 Å².